The summed E-state index contributed by atoms with van der Waals surface area (Å²) in [4.78, 5) is 25.2. The number of carbonyl (C=O) groups excluding carboxylic acids is 2. The second-order valence-corrected chi connectivity index (χ2v) is 7.41. The molecule has 6 nitrogen and oxygen atoms in total. The second kappa shape index (κ2) is 7.58. The minimum Gasteiger partial charge on any atom is -0.507 e. The van der Waals surface area contributed by atoms with Crippen LogP contribution < -0.4 is 5.32 Å². The predicted molar refractivity (Wildman–Crippen MR) is 97.2 cm³/mol. The number of nitrogens with one attached hydrogen (secondary N) is 1. The summed E-state index contributed by atoms with van der Waals surface area (Å²) >= 11 is 1.42. The Morgan fingerprint density at radius 3 is 2.92 bits per heavy atom. The highest BCUT2D eigenvalue weighted by Gasteiger charge is 2.25. The molecule has 0 aliphatic heterocycles. The zero-order valence-corrected chi connectivity index (χ0v) is 15.1. The molecule has 1 heterocycles. The highest BCUT2D eigenvalue weighted by atomic mass is 32.1. The Kier molecular flexibility index (Phi) is 5.24. The van der Waals surface area contributed by atoms with E-state index in [1.54, 1.807) is 12.1 Å². The van der Waals surface area contributed by atoms with Crippen LogP contribution in [0.4, 0.5) is 5.00 Å². The first-order valence-electron chi connectivity index (χ1n) is 8.29. The van der Waals surface area contributed by atoms with E-state index in [-0.39, 0.29) is 11.3 Å². The largest absolute Gasteiger partial charge is 0.507 e. The van der Waals surface area contributed by atoms with E-state index in [0.29, 0.717) is 16.5 Å². The summed E-state index contributed by atoms with van der Waals surface area (Å²) in [5, 5.41) is 22.2. The molecule has 7 heteroatoms. The minimum atomic E-state index is -0.780. The standard InChI is InChI=1S/C19H18N2O4S/c1-11-6-7-12-14(9-20)18(26-16(12)8-11)21-17(23)10-25-19(24)13-4-2-3-5-15(13)22/h2-5,11,22H,6-8,10H2,1H3,(H,21,23)/t11-/m1/s1. The van der Waals surface area contributed by atoms with Gasteiger partial charge in [-0.1, -0.05) is 19.1 Å². The molecular formula is C19H18N2O4S. The molecule has 0 saturated heterocycles. The Bertz CT molecular complexity index is 897. The number of amides is 1. The van der Waals surface area contributed by atoms with Crippen LogP contribution in [0.1, 0.15) is 39.7 Å². The molecule has 3 rings (SSSR count). The molecule has 0 spiro atoms. The molecular weight excluding hydrogens is 352 g/mol. The zero-order chi connectivity index (χ0) is 18.7. The van der Waals surface area contributed by atoms with E-state index in [4.69, 9.17) is 4.74 Å². The Morgan fingerprint density at radius 2 is 2.19 bits per heavy atom. The maximum Gasteiger partial charge on any atom is 0.342 e. The van der Waals surface area contributed by atoms with Gasteiger partial charge in [0.1, 0.15) is 22.4 Å². The summed E-state index contributed by atoms with van der Waals surface area (Å²) in [5.41, 5.74) is 1.54. The number of anilines is 1. The summed E-state index contributed by atoms with van der Waals surface area (Å²) in [6.45, 7) is 1.68. The third kappa shape index (κ3) is 3.70. The monoisotopic (exact) mass is 370 g/mol. The second-order valence-electron chi connectivity index (χ2n) is 6.31. The molecule has 134 valence electrons. The van der Waals surface area contributed by atoms with Crippen molar-refractivity contribution in [1.82, 2.24) is 0 Å². The number of para-hydroxylation sites is 1. The Labute approximate surface area is 155 Å². The van der Waals surface area contributed by atoms with Crippen molar-refractivity contribution < 1.29 is 19.4 Å². The number of nitrogens with zero attached hydrogens (tertiary/aromatic N) is 1. The van der Waals surface area contributed by atoms with Gasteiger partial charge in [-0.25, -0.2) is 4.79 Å². The number of thiophene rings is 1. The third-order valence-electron chi connectivity index (χ3n) is 4.33. The number of hydrogen-bond acceptors (Lipinski definition) is 6. The van der Waals surface area contributed by atoms with Crippen molar-refractivity contribution in [3.05, 3.63) is 45.8 Å². The number of carbonyl (C=O) groups is 2. The highest BCUT2D eigenvalue weighted by molar-refractivity contribution is 7.16. The quantitative estimate of drug-likeness (QED) is 0.805. The van der Waals surface area contributed by atoms with Gasteiger partial charge in [-0.05, 0) is 42.9 Å². The molecule has 1 aliphatic carbocycles. The number of esters is 1. The van der Waals surface area contributed by atoms with Crippen LogP contribution in [0, 0.1) is 17.2 Å². The highest BCUT2D eigenvalue weighted by Crippen LogP contribution is 2.39. The molecule has 0 fully saturated rings. The molecule has 0 saturated carbocycles. The van der Waals surface area contributed by atoms with Gasteiger partial charge < -0.3 is 15.2 Å². The first-order chi connectivity index (χ1) is 12.5. The molecule has 1 aromatic carbocycles. The molecule has 0 bridgehead atoms. The Balaban J connectivity index is 1.65. The van der Waals surface area contributed by atoms with Crippen LogP contribution in [0.25, 0.3) is 0 Å². The van der Waals surface area contributed by atoms with Gasteiger partial charge in [0.2, 0.25) is 0 Å². The van der Waals surface area contributed by atoms with Crippen LogP contribution in [0.5, 0.6) is 5.75 Å². The number of phenols is 1. The van der Waals surface area contributed by atoms with Crippen LogP contribution in [0.15, 0.2) is 24.3 Å². The van der Waals surface area contributed by atoms with Crippen molar-refractivity contribution in [3.63, 3.8) is 0 Å². The number of fused-ring (bicyclic) bond motifs is 1. The summed E-state index contributed by atoms with van der Waals surface area (Å²) in [6, 6.07) is 8.13. The van der Waals surface area contributed by atoms with E-state index in [0.717, 1.165) is 29.7 Å². The fourth-order valence-electron chi connectivity index (χ4n) is 2.97. The van der Waals surface area contributed by atoms with Gasteiger partial charge >= 0.3 is 5.97 Å². The maximum absolute atomic E-state index is 12.1. The van der Waals surface area contributed by atoms with Crippen molar-refractivity contribution in [2.45, 2.75) is 26.2 Å². The fraction of sp³-hybridized carbons (Fsp3) is 0.316. The SMILES string of the molecule is C[C@@H]1CCc2c(sc(NC(=O)COC(=O)c3ccccc3O)c2C#N)C1. The van der Waals surface area contributed by atoms with E-state index >= 15 is 0 Å². The number of rotatable bonds is 4. The average molecular weight is 370 g/mol. The van der Waals surface area contributed by atoms with Gasteiger partial charge in [0.15, 0.2) is 6.61 Å². The van der Waals surface area contributed by atoms with Crippen molar-refractivity contribution >= 4 is 28.2 Å². The number of ether oxygens (including phenoxy) is 1. The molecule has 0 unspecified atom stereocenters. The Morgan fingerprint density at radius 1 is 1.42 bits per heavy atom. The summed E-state index contributed by atoms with van der Waals surface area (Å²) in [6.07, 6.45) is 2.78. The molecule has 26 heavy (non-hydrogen) atoms. The smallest absolute Gasteiger partial charge is 0.342 e. The molecule has 2 aromatic rings. The molecule has 1 atom stereocenters. The predicted octanol–water partition coefficient (Wildman–Crippen LogP) is 3.25. The van der Waals surface area contributed by atoms with Gasteiger partial charge in [0.25, 0.3) is 5.91 Å². The van der Waals surface area contributed by atoms with Gasteiger partial charge in [0.05, 0.1) is 5.56 Å². The first-order valence-corrected chi connectivity index (χ1v) is 9.10. The van der Waals surface area contributed by atoms with E-state index in [2.05, 4.69) is 18.3 Å². The van der Waals surface area contributed by atoms with E-state index < -0.39 is 18.5 Å². The fourth-order valence-corrected chi connectivity index (χ4v) is 4.35. The van der Waals surface area contributed by atoms with Gasteiger partial charge in [-0.2, -0.15) is 5.26 Å². The van der Waals surface area contributed by atoms with E-state index in [1.807, 2.05) is 0 Å². The Hall–Kier alpha value is -2.85. The minimum absolute atomic E-state index is 0.00131. The zero-order valence-electron chi connectivity index (χ0n) is 14.2. The van der Waals surface area contributed by atoms with Crippen LogP contribution >= 0.6 is 11.3 Å². The lowest BCUT2D eigenvalue weighted by molar-refractivity contribution is -0.119. The van der Waals surface area contributed by atoms with Crippen LogP contribution in [0.2, 0.25) is 0 Å². The van der Waals surface area contributed by atoms with Crippen molar-refractivity contribution in [2.75, 3.05) is 11.9 Å². The number of aromatic hydroxyl groups is 1. The maximum atomic E-state index is 12.1. The number of benzene rings is 1. The van der Waals surface area contributed by atoms with Crippen molar-refractivity contribution in [2.24, 2.45) is 5.92 Å². The summed E-state index contributed by atoms with van der Waals surface area (Å²) in [7, 11) is 0. The molecule has 0 radical (unpaired) electrons. The topological polar surface area (TPSA) is 99.4 Å². The normalized spacial score (nSPS) is 15.6. The lowest BCUT2D eigenvalue weighted by atomic mass is 9.89. The third-order valence-corrected chi connectivity index (χ3v) is 5.50. The molecule has 2 N–H and O–H groups in total. The van der Waals surface area contributed by atoms with Crippen molar-refractivity contribution in [1.29, 1.82) is 5.26 Å². The summed E-state index contributed by atoms with van der Waals surface area (Å²) < 4.78 is 4.95. The van der Waals surface area contributed by atoms with E-state index in [9.17, 15) is 20.0 Å². The average Bonchev–Trinajstić information content (AvgIpc) is 2.95. The summed E-state index contributed by atoms with van der Waals surface area (Å²) in [5.74, 6) is -0.935. The van der Waals surface area contributed by atoms with Gasteiger partial charge in [-0.15, -0.1) is 11.3 Å². The number of phenolic OH excluding ortho intramolecular Hbond substituents is 1. The van der Waals surface area contributed by atoms with Crippen molar-refractivity contribution in [3.8, 4) is 11.8 Å². The van der Waals surface area contributed by atoms with Crippen LogP contribution in [-0.4, -0.2) is 23.6 Å². The van der Waals surface area contributed by atoms with Crippen LogP contribution in [-0.2, 0) is 22.4 Å². The first kappa shape index (κ1) is 18.0. The van der Waals surface area contributed by atoms with Gasteiger partial charge in [0, 0.05) is 4.88 Å². The number of hydrogen-bond donors (Lipinski definition) is 2. The molecule has 1 amide bonds. The number of nitriles is 1. The lowest BCUT2D eigenvalue weighted by Crippen LogP contribution is -2.21. The molecule has 1 aromatic heterocycles. The van der Waals surface area contributed by atoms with Crippen LogP contribution in [0.3, 0.4) is 0 Å². The van der Waals surface area contributed by atoms with E-state index in [1.165, 1.54) is 23.5 Å². The lowest BCUT2D eigenvalue weighted by Gasteiger charge is -2.17. The molecule has 1 aliphatic rings. The van der Waals surface area contributed by atoms with Gasteiger partial charge in [-0.3, -0.25) is 4.79 Å².